The lowest BCUT2D eigenvalue weighted by Gasteiger charge is -2.37. The zero-order chi connectivity index (χ0) is 23.1. The highest BCUT2D eigenvalue weighted by molar-refractivity contribution is 6.31. The van der Waals surface area contributed by atoms with E-state index in [4.69, 9.17) is 23.2 Å². The number of carboxylic acids is 1. The van der Waals surface area contributed by atoms with Crippen LogP contribution in [0.2, 0.25) is 10.0 Å². The summed E-state index contributed by atoms with van der Waals surface area (Å²) in [4.78, 5) is 12.2. The lowest BCUT2D eigenvalue weighted by atomic mass is 9.62. The number of benzene rings is 2. The summed E-state index contributed by atoms with van der Waals surface area (Å²) < 4.78 is 30.3. The van der Waals surface area contributed by atoms with E-state index in [9.17, 15) is 15.2 Å². The van der Waals surface area contributed by atoms with Crippen molar-refractivity contribution in [3.05, 3.63) is 69.2 Å². The van der Waals surface area contributed by atoms with E-state index in [0.717, 1.165) is 6.07 Å². The lowest BCUT2D eigenvalue weighted by molar-refractivity contribution is -0.139. The first-order valence-electron chi connectivity index (χ1n) is 9.72. The summed E-state index contributed by atoms with van der Waals surface area (Å²) in [5.74, 6) is -4.09. The van der Waals surface area contributed by atoms with Gasteiger partial charge in [-0.1, -0.05) is 62.2 Å². The zero-order valence-corrected chi connectivity index (χ0v) is 18.7. The molecule has 1 fully saturated rings. The Labute approximate surface area is 189 Å². The van der Waals surface area contributed by atoms with Crippen LogP contribution in [-0.4, -0.2) is 23.2 Å². The minimum atomic E-state index is -1.73. The number of nitriles is 1. The molecule has 1 aliphatic heterocycles. The van der Waals surface area contributed by atoms with Gasteiger partial charge in [0, 0.05) is 22.5 Å². The topological polar surface area (TPSA) is 73.1 Å². The summed E-state index contributed by atoms with van der Waals surface area (Å²) in [5.41, 5.74) is -2.15. The van der Waals surface area contributed by atoms with Gasteiger partial charge in [0.1, 0.15) is 23.1 Å². The second-order valence-corrected chi connectivity index (χ2v) is 9.87. The molecule has 0 amide bonds. The number of aliphatic carboxylic acids is 1. The summed E-state index contributed by atoms with van der Waals surface area (Å²) in [6, 6.07) is 8.16. The Bertz CT molecular complexity index is 1060. The first-order valence-corrected chi connectivity index (χ1v) is 10.5. The van der Waals surface area contributed by atoms with Gasteiger partial charge in [-0.25, -0.2) is 8.78 Å². The van der Waals surface area contributed by atoms with Crippen molar-refractivity contribution < 1.29 is 18.7 Å². The van der Waals surface area contributed by atoms with Crippen LogP contribution in [0.15, 0.2) is 36.4 Å². The van der Waals surface area contributed by atoms with E-state index >= 15 is 8.78 Å². The average molecular weight is 467 g/mol. The molecule has 2 N–H and O–H groups in total. The molecule has 0 aliphatic carbocycles. The van der Waals surface area contributed by atoms with Crippen molar-refractivity contribution in [3.8, 4) is 6.07 Å². The quantitative estimate of drug-likeness (QED) is 0.607. The van der Waals surface area contributed by atoms with Crippen molar-refractivity contribution in [1.29, 1.82) is 5.26 Å². The highest BCUT2D eigenvalue weighted by Crippen LogP contribution is 2.52. The number of hydrogen-bond acceptors (Lipinski definition) is 3. The van der Waals surface area contributed by atoms with Crippen molar-refractivity contribution in [2.24, 2.45) is 5.41 Å². The van der Waals surface area contributed by atoms with Crippen molar-refractivity contribution >= 4 is 29.2 Å². The Balaban J connectivity index is 2.38. The fraction of sp³-hybridized carbons (Fsp3) is 0.391. The minimum absolute atomic E-state index is 0.0331. The van der Waals surface area contributed by atoms with Crippen molar-refractivity contribution in [2.45, 2.75) is 50.6 Å². The molecule has 1 aliphatic rings. The van der Waals surface area contributed by atoms with Crippen molar-refractivity contribution in [1.82, 2.24) is 5.32 Å². The molecule has 31 heavy (non-hydrogen) atoms. The lowest BCUT2D eigenvalue weighted by Crippen LogP contribution is -2.44. The van der Waals surface area contributed by atoms with Gasteiger partial charge < -0.3 is 5.11 Å². The molecule has 0 bridgehead atoms. The molecule has 2 aromatic carbocycles. The molecular formula is C23H22Cl2F2N2O2. The van der Waals surface area contributed by atoms with Crippen LogP contribution < -0.4 is 5.32 Å². The fourth-order valence-corrected chi connectivity index (χ4v) is 4.88. The SMILES string of the molecule is CC(C)(C)CC1NC(C(=O)O)C(c2cccc(Cl)c2F)[C@@]1(C#N)c1ccc(Cl)cc1F. The van der Waals surface area contributed by atoms with Crippen LogP contribution in [0.25, 0.3) is 0 Å². The summed E-state index contributed by atoms with van der Waals surface area (Å²) in [5, 5.41) is 23.4. The predicted molar refractivity (Wildman–Crippen MR) is 115 cm³/mol. The number of halogens is 4. The van der Waals surface area contributed by atoms with Gasteiger partial charge in [-0.2, -0.15) is 5.26 Å². The Morgan fingerprint density at radius 2 is 1.94 bits per heavy atom. The maximum atomic E-state index is 15.2. The van der Waals surface area contributed by atoms with Crippen LogP contribution in [0.5, 0.6) is 0 Å². The summed E-state index contributed by atoms with van der Waals surface area (Å²) in [7, 11) is 0. The van der Waals surface area contributed by atoms with Gasteiger partial charge in [0.25, 0.3) is 0 Å². The Morgan fingerprint density at radius 1 is 1.26 bits per heavy atom. The maximum Gasteiger partial charge on any atom is 0.321 e. The van der Waals surface area contributed by atoms with Crippen LogP contribution in [0.4, 0.5) is 8.78 Å². The van der Waals surface area contributed by atoms with Crippen LogP contribution in [0.3, 0.4) is 0 Å². The molecule has 4 nitrogen and oxygen atoms in total. The largest absolute Gasteiger partial charge is 0.480 e. The second-order valence-electron chi connectivity index (χ2n) is 9.03. The number of rotatable bonds is 4. The highest BCUT2D eigenvalue weighted by atomic mass is 35.5. The smallest absolute Gasteiger partial charge is 0.321 e. The van der Waals surface area contributed by atoms with E-state index in [-0.39, 0.29) is 26.6 Å². The van der Waals surface area contributed by atoms with Gasteiger partial charge in [-0.05, 0) is 35.6 Å². The number of nitrogens with one attached hydrogen (secondary N) is 1. The van der Waals surface area contributed by atoms with E-state index in [1.165, 1.54) is 30.3 Å². The standard InChI is InChI=1S/C23H22Cl2F2N2O2/c1-22(2,3)10-17-23(11-28,14-8-7-12(24)9-16(14)26)18(20(29-17)21(30)31)13-5-4-6-15(25)19(13)27/h4-9,17-18,20,29H,10H2,1-3H3,(H,30,31)/t17?,18?,20?,23-/m0/s1. The molecule has 0 radical (unpaired) electrons. The third-order valence-corrected chi connectivity index (χ3v) is 6.24. The van der Waals surface area contributed by atoms with Gasteiger partial charge in [0.05, 0.1) is 11.1 Å². The number of carboxylic acid groups (broad SMARTS) is 1. The van der Waals surface area contributed by atoms with E-state index < -0.39 is 41.0 Å². The maximum absolute atomic E-state index is 15.2. The summed E-state index contributed by atoms with van der Waals surface area (Å²) in [6.07, 6.45) is 0.338. The Hall–Kier alpha value is -2.20. The van der Waals surface area contributed by atoms with Crippen molar-refractivity contribution in [2.75, 3.05) is 0 Å². The van der Waals surface area contributed by atoms with Crippen molar-refractivity contribution in [3.63, 3.8) is 0 Å². The van der Waals surface area contributed by atoms with Crippen LogP contribution in [0.1, 0.15) is 44.2 Å². The molecule has 1 heterocycles. The van der Waals surface area contributed by atoms with Crippen LogP contribution in [-0.2, 0) is 10.2 Å². The first-order chi connectivity index (χ1) is 14.4. The summed E-state index contributed by atoms with van der Waals surface area (Å²) >= 11 is 11.9. The minimum Gasteiger partial charge on any atom is -0.480 e. The van der Waals surface area contributed by atoms with E-state index in [2.05, 4.69) is 11.4 Å². The molecule has 164 valence electrons. The molecule has 8 heteroatoms. The number of nitrogens with zero attached hydrogens (tertiary/aromatic N) is 1. The van der Waals surface area contributed by atoms with Gasteiger partial charge >= 0.3 is 5.97 Å². The third-order valence-electron chi connectivity index (χ3n) is 5.72. The molecule has 1 saturated heterocycles. The normalized spacial score (nSPS) is 25.9. The monoisotopic (exact) mass is 466 g/mol. The van der Waals surface area contributed by atoms with Gasteiger partial charge in [-0.15, -0.1) is 0 Å². The fourth-order valence-electron chi connectivity index (χ4n) is 4.54. The predicted octanol–water partition coefficient (Wildman–Crippen LogP) is 5.68. The highest BCUT2D eigenvalue weighted by Gasteiger charge is 2.61. The molecule has 4 atom stereocenters. The van der Waals surface area contributed by atoms with Crippen LogP contribution in [0, 0.1) is 28.4 Å². The first kappa shape index (κ1) is 23.5. The van der Waals surface area contributed by atoms with E-state index in [0.29, 0.717) is 6.42 Å². The number of hydrogen-bond donors (Lipinski definition) is 2. The Morgan fingerprint density at radius 3 is 2.48 bits per heavy atom. The average Bonchev–Trinajstić information content (AvgIpc) is 2.97. The third kappa shape index (κ3) is 4.15. The van der Waals surface area contributed by atoms with Gasteiger partial charge in [0.15, 0.2) is 0 Å². The number of carbonyl (C=O) groups is 1. The molecule has 0 aromatic heterocycles. The summed E-state index contributed by atoms with van der Waals surface area (Å²) in [6.45, 7) is 5.79. The molecule has 2 aromatic rings. The molecule has 3 unspecified atom stereocenters. The van der Waals surface area contributed by atoms with E-state index in [1.54, 1.807) is 0 Å². The second kappa shape index (κ2) is 8.38. The molecule has 0 saturated carbocycles. The molecule has 3 rings (SSSR count). The molecular weight excluding hydrogens is 445 g/mol. The van der Waals surface area contributed by atoms with Gasteiger partial charge in [-0.3, -0.25) is 10.1 Å². The van der Waals surface area contributed by atoms with Crippen LogP contribution >= 0.6 is 23.2 Å². The van der Waals surface area contributed by atoms with E-state index in [1.807, 2.05) is 20.8 Å². The van der Waals surface area contributed by atoms with Gasteiger partial charge in [0.2, 0.25) is 0 Å². The molecule has 0 spiro atoms. The Kier molecular flexibility index (Phi) is 6.35. The zero-order valence-electron chi connectivity index (χ0n) is 17.2.